The SMILES string of the molecule is C=CCc1cccc(/C(=C/C)NC)c1.CC.CN.Cc1cccc(C)c1. The molecule has 0 aliphatic carbocycles. The average molecular weight is 355 g/mol. The van der Waals surface area contributed by atoms with E-state index in [2.05, 4.69) is 86.1 Å². The van der Waals surface area contributed by atoms with Gasteiger partial charge in [-0.15, -0.1) is 6.58 Å². The molecular formula is C24H38N2. The molecule has 2 rings (SSSR count). The van der Waals surface area contributed by atoms with E-state index in [0.717, 1.165) is 12.1 Å². The summed E-state index contributed by atoms with van der Waals surface area (Å²) >= 11 is 0. The summed E-state index contributed by atoms with van der Waals surface area (Å²) < 4.78 is 0. The number of hydrogen-bond acceptors (Lipinski definition) is 2. The highest BCUT2D eigenvalue weighted by Gasteiger charge is 1.98. The minimum atomic E-state index is 0.925. The largest absolute Gasteiger partial charge is 0.388 e. The fraction of sp³-hybridized carbons (Fsp3) is 0.333. The number of nitrogens with one attached hydrogen (secondary N) is 1. The molecule has 0 saturated carbocycles. The fourth-order valence-electron chi connectivity index (χ4n) is 2.29. The third-order valence-corrected chi connectivity index (χ3v) is 3.35. The molecule has 3 N–H and O–H groups in total. The molecule has 0 aliphatic heterocycles. The summed E-state index contributed by atoms with van der Waals surface area (Å²) in [6.07, 6.45) is 4.93. The summed E-state index contributed by atoms with van der Waals surface area (Å²) in [6.45, 7) is 14.0. The first-order valence-electron chi connectivity index (χ1n) is 9.26. The highest BCUT2D eigenvalue weighted by molar-refractivity contribution is 5.63. The van der Waals surface area contributed by atoms with Crippen molar-refractivity contribution < 1.29 is 0 Å². The summed E-state index contributed by atoms with van der Waals surface area (Å²) in [5, 5.41) is 3.17. The second-order valence-corrected chi connectivity index (χ2v) is 5.30. The fourth-order valence-corrected chi connectivity index (χ4v) is 2.29. The molecule has 0 spiro atoms. The lowest BCUT2D eigenvalue weighted by molar-refractivity contribution is 1.12. The monoisotopic (exact) mass is 354 g/mol. The maximum absolute atomic E-state index is 4.50. The van der Waals surface area contributed by atoms with Crippen LogP contribution in [0.3, 0.4) is 0 Å². The van der Waals surface area contributed by atoms with Crippen LogP contribution in [0.4, 0.5) is 0 Å². The third kappa shape index (κ3) is 11.3. The first-order chi connectivity index (χ1) is 12.6. The van der Waals surface area contributed by atoms with E-state index in [1.54, 1.807) is 0 Å². The Labute approximate surface area is 161 Å². The van der Waals surface area contributed by atoms with Gasteiger partial charge < -0.3 is 11.1 Å². The zero-order chi connectivity index (χ0) is 20.4. The van der Waals surface area contributed by atoms with Crippen molar-refractivity contribution in [1.82, 2.24) is 5.32 Å². The standard InChI is InChI=1S/C13H17N.C8H10.C2H6.CH5N/c1-4-7-11-8-6-9-12(10-11)13(5-2)14-3;1-7-4-3-5-8(2)6-7;2*1-2/h4-6,8-10,14H,1,7H2,2-3H3;3-6H,1-2H3;1-2H3;2H2,1H3/b13-5-;;;. The van der Waals surface area contributed by atoms with Crippen molar-refractivity contribution in [2.75, 3.05) is 14.1 Å². The molecule has 0 amide bonds. The van der Waals surface area contributed by atoms with Crippen molar-refractivity contribution in [2.45, 2.75) is 41.0 Å². The lowest BCUT2D eigenvalue weighted by atomic mass is 10.1. The highest BCUT2D eigenvalue weighted by atomic mass is 14.8. The van der Waals surface area contributed by atoms with Crippen LogP contribution in [0.2, 0.25) is 0 Å². The minimum absolute atomic E-state index is 0.925. The Kier molecular flexibility index (Phi) is 17.4. The lowest BCUT2D eigenvalue weighted by Gasteiger charge is -2.07. The van der Waals surface area contributed by atoms with Crippen LogP contribution in [0.25, 0.3) is 5.70 Å². The van der Waals surface area contributed by atoms with Crippen LogP contribution in [-0.2, 0) is 6.42 Å². The molecule has 26 heavy (non-hydrogen) atoms. The molecular weight excluding hydrogens is 316 g/mol. The van der Waals surface area contributed by atoms with Gasteiger partial charge in [0.15, 0.2) is 0 Å². The Balaban J connectivity index is 0. The molecule has 0 radical (unpaired) electrons. The molecule has 0 saturated heterocycles. The number of allylic oxidation sites excluding steroid dienone is 2. The zero-order valence-corrected chi connectivity index (χ0v) is 17.8. The average Bonchev–Trinajstić information content (AvgIpc) is 2.67. The maximum atomic E-state index is 4.50. The van der Waals surface area contributed by atoms with Crippen molar-refractivity contribution in [3.05, 3.63) is 89.5 Å². The Morgan fingerprint density at radius 1 is 1.00 bits per heavy atom. The van der Waals surface area contributed by atoms with E-state index in [9.17, 15) is 0 Å². The van der Waals surface area contributed by atoms with Gasteiger partial charge in [-0.1, -0.05) is 79.6 Å². The van der Waals surface area contributed by atoms with Gasteiger partial charge in [0.1, 0.15) is 0 Å². The van der Waals surface area contributed by atoms with Crippen LogP contribution >= 0.6 is 0 Å². The third-order valence-electron chi connectivity index (χ3n) is 3.35. The smallest absolute Gasteiger partial charge is 0.0367 e. The van der Waals surface area contributed by atoms with E-state index < -0.39 is 0 Å². The highest BCUT2D eigenvalue weighted by Crippen LogP contribution is 2.13. The van der Waals surface area contributed by atoms with E-state index in [4.69, 9.17) is 0 Å². The number of nitrogens with two attached hydrogens (primary N) is 1. The van der Waals surface area contributed by atoms with Gasteiger partial charge in [-0.3, -0.25) is 0 Å². The first-order valence-corrected chi connectivity index (χ1v) is 9.26. The van der Waals surface area contributed by atoms with Gasteiger partial charge in [0, 0.05) is 12.7 Å². The molecule has 0 aromatic heterocycles. The topological polar surface area (TPSA) is 38.0 Å². The lowest BCUT2D eigenvalue weighted by Crippen LogP contribution is -2.04. The molecule has 0 bridgehead atoms. The molecule has 0 fully saturated rings. The molecule has 0 aliphatic rings. The van der Waals surface area contributed by atoms with Crippen LogP contribution in [0.1, 0.15) is 43.0 Å². The molecule has 2 heteroatoms. The molecule has 0 unspecified atom stereocenters. The van der Waals surface area contributed by atoms with Gasteiger partial charge in [0.2, 0.25) is 0 Å². The number of aryl methyl sites for hydroxylation is 2. The minimum Gasteiger partial charge on any atom is -0.388 e. The van der Waals surface area contributed by atoms with Crippen molar-refractivity contribution in [1.29, 1.82) is 0 Å². The zero-order valence-electron chi connectivity index (χ0n) is 17.8. The van der Waals surface area contributed by atoms with Gasteiger partial charge in [0.25, 0.3) is 0 Å². The van der Waals surface area contributed by atoms with Crippen LogP contribution in [-0.4, -0.2) is 14.1 Å². The van der Waals surface area contributed by atoms with Crippen LogP contribution in [0.15, 0.2) is 67.3 Å². The van der Waals surface area contributed by atoms with Crippen molar-refractivity contribution >= 4 is 5.70 Å². The summed E-state index contributed by atoms with van der Waals surface area (Å²) in [7, 11) is 3.44. The van der Waals surface area contributed by atoms with E-state index >= 15 is 0 Å². The molecule has 2 aromatic carbocycles. The Morgan fingerprint density at radius 2 is 1.54 bits per heavy atom. The van der Waals surface area contributed by atoms with E-state index in [1.165, 1.54) is 29.3 Å². The van der Waals surface area contributed by atoms with Crippen LogP contribution < -0.4 is 11.1 Å². The van der Waals surface area contributed by atoms with Crippen molar-refractivity contribution in [3.8, 4) is 0 Å². The summed E-state index contributed by atoms with van der Waals surface area (Å²) in [4.78, 5) is 0. The second kappa shape index (κ2) is 17.5. The van der Waals surface area contributed by atoms with E-state index in [-0.39, 0.29) is 0 Å². The number of hydrogen-bond donors (Lipinski definition) is 2. The van der Waals surface area contributed by atoms with Gasteiger partial charge in [0.05, 0.1) is 0 Å². The molecule has 0 atom stereocenters. The Hall–Kier alpha value is -2.32. The molecule has 2 nitrogen and oxygen atoms in total. The Morgan fingerprint density at radius 3 is 1.92 bits per heavy atom. The van der Waals surface area contributed by atoms with Crippen molar-refractivity contribution in [2.24, 2.45) is 5.73 Å². The van der Waals surface area contributed by atoms with Gasteiger partial charge in [-0.05, 0) is 51.4 Å². The second-order valence-electron chi connectivity index (χ2n) is 5.30. The van der Waals surface area contributed by atoms with Gasteiger partial charge in [-0.25, -0.2) is 0 Å². The Bertz CT molecular complexity index is 610. The predicted molar refractivity (Wildman–Crippen MR) is 120 cm³/mol. The van der Waals surface area contributed by atoms with Gasteiger partial charge in [-0.2, -0.15) is 0 Å². The maximum Gasteiger partial charge on any atom is 0.0367 e. The van der Waals surface area contributed by atoms with Crippen molar-refractivity contribution in [3.63, 3.8) is 0 Å². The predicted octanol–water partition coefficient (Wildman–Crippen LogP) is 5.90. The first kappa shape index (κ1) is 25.9. The normalized spacial score (nSPS) is 9.31. The quantitative estimate of drug-likeness (QED) is 0.671. The summed E-state index contributed by atoms with van der Waals surface area (Å²) in [5.41, 5.74) is 10.9. The summed E-state index contributed by atoms with van der Waals surface area (Å²) in [5.74, 6) is 0. The summed E-state index contributed by atoms with van der Waals surface area (Å²) in [6, 6.07) is 16.9. The molecule has 0 heterocycles. The molecule has 2 aromatic rings. The van der Waals surface area contributed by atoms with Crippen LogP contribution in [0, 0.1) is 13.8 Å². The molecule has 144 valence electrons. The number of rotatable bonds is 4. The van der Waals surface area contributed by atoms with E-state index in [0.29, 0.717) is 0 Å². The van der Waals surface area contributed by atoms with Gasteiger partial charge >= 0.3 is 0 Å². The number of benzene rings is 2. The van der Waals surface area contributed by atoms with E-state index in [1.807, 2.05) is 33.9 Å². The van der Waals surface area contributed by atoms with Crippen LogP contribution in [0.5, 0.6) is 0 Å².